The first-order valence-electron chi connectivity index (χ1n) is 11.7. The molecule has 0 unspecified atom stereocenters. The molecule has 3 N–H and O–H groups in total. The van der Waals surface area contributed by atoms with Gasteiger partial charge in [-0.1, -0.05) is 53.8 Å². The van der Waals surface area contributed by atoms with Crippen molar-refractivity contribution in [3.63, 3.8) is 0 Å². The van der Waals surface area contributed by atoms with E-state index in [4.69, 9.17) is 27.0 Å². The van der Waals surface area contributed by atoms with Crippen molar-refractivity contribution in [2.45, 2.75) is 34.1 Å². The molecule has 0 aliphatic heterocycles. The van der Waals surface area contributed by atoms with Gasteiger partial charge in [0.15, 0.2) is 23.2 Å². The van der Waals surface area contributed by atoms with Crippen LogP contribution in [0.4, 0.5) is 14.5 Å². The Balaban J connectivity index is 0.000000188. The number of carboxylic acid groups (broad SMARTS) is 1. The number of carbonyl (C=O) groups excluding carboxylic acids is 1. The molecule has 3 aromatic heterocycles. The number of halogens is 5. The number of rotatable bonds is 4. The van der Waals surface area contributed by atoms with Gasteiger partial charge in [0.05, 0.1) is 11.3 Å². The lowest BCUT2D eigenvalue weighted by molar-refractivity contribution is -0.136. The number of fused-ring (bicyclic) bond motifs is 1. The summed E-state index contributed by atoms with van der Waals surface area (Å²) >= 11 is 12.5. The summed E-state index contributed by atoms with van der Waals surface area (Å²) < 4.78 is 37.6. The number of nitrogens with zero attached hydrogens (tertiary/aromatic N) is 5. The summed E-state index contributed by atoms with van der Waals surface area (Å²) in [4.78, 5) is 32.9. The summed E-state index contributed by atoms with van der Waals surface area (Å²) in [6.07, 6.45) is -0.208. The number of carbonyl (C=O) groups is 2. The number of nitrogens with two attached hydrogens (primary N) is 1. The molecular weight excluding hydrogens is 710 g/mol. The average Bonchev–Trinajstić information content (AvgIpc) is 3.50. The third kappa shape index (κ3) is 8.14. The fourth-order valence-electron chi connectivity index (χ4n) is 3.47. The van der Waals surface area contributed by atoms with Crippen LogP contribution in [0, 0.1) is 32.4 Å². The van der Waals surface area contributed by atoms with Crippen LogP contribution in [0.3, 0.4) is 0 Å². The van der Waals surface area contributed by atoms with E-state index in [1.807, 2.05) is 6.92 Å². The van der Waals surface area contributed by atoms with Gasteiger partial charge in [-0.2, -0.15) is 9.97 Å². The van der Waals surface area contributed by atoms with E-state index in [9.17, 15) is 18.4 Å². The molecule has 5 rings (SSSR count). The van der Waals surface area contributed by atoms with Crippen LogP contribution in [0.25, 0.3) is 22.4 Å². The molecule has 2 aromatic carbocycles. The molecule has 0 fully saturated rings. The Labute approximate surface area is 258 Å². The molecule has 0 saturated carbocycles. The van der Waals surface area contributed by atoms with Gasteiger partial charge in [-0.05, 0) is 57.5 Å². The number of pyridine rings is 1. The first-order chi connectivity index (χ1) is 19.7. The monoisotopic (exact) mass is 728 g/mol. The van der Waals surface area contributed by atoms with Crippen LogP contribution in [0.15, 0.2) is 42.3 Å². The number of carboxylic acids is 1. The van der Waals surface area contributed by atoms with Crippen molar-refractivity contribution in [3.8, 4) is 11.5 Å². The molecule has 11 nitrogen and oxygen atoms in total. The minimum absolute atomic E-state index is 0.0919. The van der Waals surface area contributed by atoms with Gasteiger partial charge in [0.2, 0.25) is 5.89 Å². The lowest BCUT2D eigenvalue weighted by Crippen LogP contribution is -2.02. The van der Waals surface area contributed by atoms with Crippen molar-refractivity contribution in [2.24, 2.45) is 0 Å². The maximum atomic E-state index is 13.9. The van der Waals surface area contributed by atoms with Crippen LogP contribution in [-0.4, -0.2) is 42.1 Å². The number of nitrogen functional groups attached to an aromatic ring is 1. The second kappa shape index (κ2) is 13.9. The Kier molecular flexibility index (Phi) is 10.8. The van der Waals surface area contributed by atoms with Crippen molar-refractivity contribution in [1.82, 2.24) is 25.3 Å². The predicted octanol–water partition coefficient (Wildman–Crippen LogP) is 6.83. The van der Waals surface area contributed by atoms with Gasteiger partial charge >= 0.3 is 5.97 Å². The highest BCUT2D eigenvalue weighted by Gasteiger charge is 2.19. The quantitative estimate of drug-likeness (QED) is 0.113. The summed E-state index contributed by atoms with van der Waals surface area (Å²) in [6.45, 7) is 6.50. The number of anilines is 1. The number of hydrogen-bond acceptors (Lipinski definition) is 10. The van der Waals surface area contributed by atoms with E-state index in [1.165, 1.54) is 25.1 Å². The van der Waals surface area contributed by atoms with E-state index >= 15 is 0 Å². The number of benzene rings is 2. The SMILES string of the molecule is CC(=O)c1cc(Br)cc(F)c1N.Cc1noc(-c2c(Cl)nc3c(F)cc(Br)cc3c2C)n1.Cc1noc(CC(=O)O)n1. The maximum absolute atomic E-state index is 13.9. The summed E-state index contributed by atoms with van der Waals surface area (Å²) in [5, 5.41) is 16.2. The van der Waals surface area contributed by atoms with Gasteiger partial charge in [0, 0.05) is 19.9 Å². The Morgan fingerprint density at radius 1 is 0.952 bits per heavy atom. The smallest absolute Gasteiger partial charge is 0.312 e. The molecule has 5 aromatic rings. The van der Waals surface area contributed by atoms with E-state index in [-0.39, 0.29) is 45.9 Å². The second-order valence-electron chi connectivity index (χ2n) is 8.54. The topological polar surface area (TPSA) is 171 Å². The normalized spacial score (nSPS) is 10.5. The molecule has 42 heavy (non-hydrogen) atoms. The van der Waals surface area contributed by atoms with Gasteiger partial charge in [-0.15, -0.1) is 0 Å². The number of ketones is 1. The Morgan fingerprint density at radius 3 is 2.10 bits per heavy atom. The molecule has 0 aliphatic rings. The molecular formula is C26H21Br2ClF2N6O5. The van der Waals surface area contributed by atoms with Crippen molar-refractivity contribution < 1.29 is 32.5 Å². The molecule has 0 saturated heterocycles. The van der Waals surface area contributed by atoms with E-state index < -0.39 is 17.6 Å². The highest BCUT2D eigenvalue weighted by molar-refractivity contribution is 9.10. The minimum Gasteiger partial charge on any atom is -0.481 e. The number of aryl methyl sites for hydroxylation is 3. The lowest BCUT2D eigenvalue weighted by Gasteiger charge is -2.09. The fourth-order valence-corrected chi connectivity index (χ4v) is 4.64. The molecule has 0 spiro atoms. The van der Waals surface area contributed by atoms with E-state index in [2.05, 4.69) is 61.6 Å². The standard InChI is InChI=1S/C13H8BrClFN3O.C8H7BrFNO.C5H6N2O3/c1-5-8-3-7(14)4-9(16)11(8)18-12(15)10(5)13-17-6(2)19-20-13;1-4(12)6-2-5(9)3-7(10)8(6)11;1-3-6-4(10-7-3)2-5(8)9/h3-4H,1-2H3;2-3H,11H2,1H3;2H2,1H3,(H,8,9). The van der Waals surface area contributed by atoms with Gasteiger partial charge in [0.1, 0.15) is 22.9 Å². The van der Waals surface area contributed by atoms with Gasteiger partial charge in [-0.25, -0.2) is 13.8 Å². The molecule has 0 amide bonds. The van der Waals surface area contributed by atoms with E-state index in [0.717, 1.165) is 5.56 Å². The molecule has 0 aliphatic carbocycles. The molecule has 3 heterocycles. The summed E-state index contributed by atoms with van der Waals surface area (Å²) in [6, 6.07) is 5.86. The van der Waals surface area contributed by atoms with Gasteiger partial charge in [0.25, 0.3) is 5.89 Å². The zero-order valence-corrected chi connectivity index (χ0v) is 26.2. The highest BCUT2D eigenvalue weighted by Crippen LogP contribution is 2.35. The summed E-state index contributed by atoms with van der Waals surface area (Å²) in [7, 11) is 0. The summed E-state index contributed by atoms with van der Waals surface area (Å²) in [5.74, 6) is -0.851. The Hall–Kier alpha value is -3.82. The first-order valence-corrected chi connectivity index (χ1v) is 13.7. The lowest BCUT2D eigenvalue weighted by atomic mass is 10.0. The van der Waals surface area contributed by atoms with Crippen molar-refractivity contribution in [1.29, 1.82) is 0 Å². The van der Waals surface area contributed by atoms with Crippen molar-refractivity contribution in [3.05, 3.63) is 78.7 Å². The first kappa shape index (κ1) is 32.7. The number of hydrogen-bond donors (Lipinski definition) is 2. The van der Waals surface area contributed by atoms with Gasteiger partial charge in [-0.3, -0.25) is 9.59 Å². The van der Waals surface area contributed by atoms with Crippen molar-refractivity contribution >= 4 is 71.8 Å². The van der Waals surface area contributed by atoms with Crippen molar-refractivity contribution in [2.75, 3.05) is 5.73 Å². The van der Waals surface area contributed by atoms with Crippen LogP contribution in [-0.2, 0) is 11.2 Å². The number of aromatic nitrogens is 5. The van der Waals surface area contributed by atoms with E-state index in [0.29, 0.717) is 31.5 Å². The Bertz CT molecular complexity index is 1800. The largest absolute Gasteiger partial charge is 0.481 e. The predicted molar refractivity (Wildman–Crippen MR) is 156 cm³/mol. The number of aliphatic carboxylic acids is 1. The molecule has 16 heteroatoms. The molecule has 220 valence electrons. The molecule has 0 bridgehead atoms. The fraction of sp³-hybridized carbons (Fsp3) is 0.192. The third-order valence-corrected chi connectivity index (χ3v) is 6.50. The molecule has 0 atom stereocenters. The van der Waals surface area contributed by atoms with Crippen LogP contribution >= 0.6 is 43.5 Å². The average molecular weight is 731 g/mol. The van der Waals surface area contributed by atoms with Crippen LogP contribution in [0.2, 0.25) is 5.15 Å². The Morgan fingerprint density at radius 2 is 1.55 bits per heavy atom. The molecule has 0 radical (unpaired) electrons. The van der Waals surface area contributed by atoms with Crippen LogP contribution < -0.4 is 5.73 Å². The van der Waals surface area contributed by atoms with Gasteiger partial charge < -0.3 is 19.9 Å². The zero-order valence-electron chi connectivity index (χ0n) is 22.3. The highest BCUT2D eigenvalue weighted by atomic mass is 79.9. The van der Waals surface area contributed by atoms with Crippen LogP contribution in [0.5, 0.6) is 0 Å². The maximum Gasteiger partial charge on any atom is 0.312 e. The number of Topliss-reactive ketones (excluding diaryl/α,β-unsaturated/α-hetero) is 1. The van der Waals surface area contributed by atoms with Crippen LogP contribution in [0.1, 0.15) is 40.4 Å². The summed E-state index contributed by atoms with van der Waals surface area (Å²) in [5.41, 5.74) is 6.94. The third-order valence-electron chi connectivity index (χ3n) is 5.31. The minimum atomic E-state index is -0.969. The van der Waals surface area contributed by atoms with E-state index in [1.54, 1.807) is 19.9 Å². The second-order valence-corrected chi connectivity index (χ2v) is 10.7. The zero-order chi connectivity index (χ0) is 31.3.